The topological polar surface area (TPSA) is 84.9 Å². The first kappa shape index (κ1) is 19.5. The van der Waals surface area contributed by atoms with Gasteiger partial charge in [0.15, 0.2) is 12.9 Å². The van der Waals surface area contributed by atoms with Crippen molar-refractivity contribution >= 4 is 18.1 Å². The van der Waals surface area contributed by atoms with Crippen molar-refractivity contribution in [3.8, 4) is 11.5 Å². The molecule has 0 aliphatic carbocycles. The Morgan fingerprint density at radius 2 is 1.96 bits per heavy atom. The highest BCUT2D eigenvalue weighted by Crippen LogP contribution is 2.22. The minimum Gasteiger partial charge on any atom is -0.497 e. The molecule has 0 bridgehead atoms. The van der Waals surface area contributed by atoms with Crippen LogP contribution in [0.15, 0.2) is 18.2 Å². The summed E-state index contributed by atoms with van der Waals surface area (Å²) in [6, 6.07) is 4.71. The molecule has 0 saturated carbocycles. The maximum absolute atomic E-state index is 12.0. The number of ether oxygens (including phenoxy) is 2. The number of hydrogen-bond donors (Lipinski definition) is 1. The van der Waals surface area contributed by atoms with E-state index < -0.39 is 0 Å². The average molecular weight is 336 g/mol. The number of carbonyl (C=O) groups is 3. The Balaban J connectivity index is 2.59. The van der Waals surface area contributed by atoms with Gasteiger partial charge in [0.1, 0.15) is 11.5 Å². The number of aldehydes is 1. The van der Waals surface area contributed by atoms with Crippen molar-refractivity contribution in [2.24, 2.45) is 0 Å². The lowest BCUT2D eigenvalue weighted by Gasteiger charge is -2.23. The molecule has 0 unspecified atom stereocenters. The van der Waals surface area contributed by atoms with E-state index in [1.54, 1.807) is 12.1 Å². The first-order valence-electron chi connectivity index (χ1n) is 7.47. The van der Waals surface area contributed by atoms with Gasteiger partial charge in [-0.15, -0.1) is 0 Å². The van der Waals surface area contributed by atoms with Gasteiger partial charge in [0.25, 0.3) is 5.91 Å². The number of carbonyl (C=O) groups excluding carboxylic acids is 3. The van der Waals surface area contributed by atoms with E-state index in [-0.39, 0.29) is 41.8 Å². The second-order valence-electron chi connectivity index (χ2n) is 6.36. The molecule has 0 spiro atoms. The highest BCUT2D eigenvalue weighted by Gasteiger charge is 2.18. The van der Waals surface area contributed by atoms with E-state index in [4.69, 9.17) is 9.47 Å². The molecule has 0 heterocycles. The van der Waals surface area contributed by atoms with Crippen molar-refractivity contribution in [1.82, 2.24) is 10.2 Å². The van der Waals surface area contributed by atoms with Gasteiger partial charge in [-0.1, -0.05) is 0 Å². The first-order chi connectivity index (χ1) is 11.2. The number of rotatable bonds is 7. The van der Waals surface area contributed by atoms with Crippen LogP contribution in [0, 0.1) is 0 Å². The Hall–Kier alpha value is -2.57. The van der Waals surface area contributed by atoms with Crippen LogP contribution in [0.5, 0.6) is 11.5 Å². The Kier molecular flexibility index (Phi) is 6.76. The molecule has 0 radical (unpaired) electrons. The van der Waals surface area contributed by atoms with Gasteiger partial charge in [0, 0.05) is 12.6 Å². The third-order valence-electron chi connectivity index (χ3n) is 3.02. The Morgan fingerprint density at radius 3 is 2.50 bits per heavy atom. The van der Waals surface area contributed by atoms with E-state index in [0.717, 1.165) is 0 Å². The highest BCUT2D eigenvalue weighted by molar-refractivity contribution is 5.86. The second-order valence-corrected chi connectivity index (χ2v) is 6.36. The SMILES string of the molecule is COc1ccc(OCC(=O)N(C)CC(=O)NC(C)(C)C)c(C=O)c1. The van der Waals surface area contributed by atoms with Crippen molar-refractivity contribution in [2.45, 2.75) is 26.3 Å². The predicted octanol–water partition coefficient (Wildman–Crippen LogP) is 1.26. The lowest BCUT2D eigenvalue weighted by Crippen LogP contribution is -2.47. The Bertz CT molecular complexity index is 607. The molecular formula is C17H24N2O5. The molecular weight excluding hydrogens is 312 g/mol. The Labute approximate surface area is 141 Å². The maximum atomic E-state index is 12.0. The van der Waals surface area contributed by atoms with Crippen LogP contribution in [0.3, 0.4) is 0 Å². The van der Waals surface area contributed by atoms with Gasteiger partial charge in [-0.3, -0.25) is 14.4 Å². The summed E-state index contributed by atoms with van der Waals surface area (Å²) >= 11 is 0. The van der Waals surface area contributed by atoms with Crippen molar-refractivity contribution in [1.29, 1.82) is 0 Å². The molecule has 7 heteroatoms. The summed E-state index contributed by atoms with van der Waals surface area (Å²) in [5.41, 5.74) is -0.0744. The third-order valence-corrected chi connectivity index (χ3v) is 3.02. The molecule has 1 rings (SSSR count). The molecule has 0 saturated heterocycles. The summed E-state index contributed by atoms with van der Waals surface area (Å²) in [4.78, 5) is 36.2. The largest absolute Gasteiger partial charge is 0.497 e. The first-order valence-corrected chi connectivity index (χ1v) is 7.47. The van der Waals surface area contributed by atoms with E-state index in [2.05, 4.69) is 5.32 Å². The zero-order chi connectivity index (χ0) is 18.3. The van der Waals surface area contributed by atoms with E-state index in [9.17, 15) is 14.4 Å². The monoisotopic (exact) mass is 336 g/mol. The van der Waals surface area contributed by atoms with Crippen molar-refractivity contribution in [3.63, 3.8) is 0 Å². The number of likely N-dealkylation sites (N-methyl/N-ethyl adjacent to an activating group) is 1. The second kappa shape index (κ2) is 8.33. The van der Waals surface area contributed by atoms with E-state index in [0.29, 0.717) is 12.0 Å². The van der Waals surface area contributed by atoms with Gasteiger partial charge in [-0.2, -0.15) is 0 Å². The normalized spacial score (nSPS) is 10.7. The molecule has 2 amide bonds. The van der Waals surface area contributed by atoms with Crippen LogP contribution in [-0.2, 0) is 9.59 Å². The zero-order valence-electron chi connectivity index (χ0n) is 14.7. The predicted molar refractivity (Wildman–Crippen MR) is 89.4 cm³/mol. The number of nitrogens with zero attached hydrogens (tertiary/aromatic N) is 1. The molecule has 1 aromatic rings. The van der Waals surface area contributed by atoms with Gasteiger partial charge < -0.3 is 19.7 Å². The van der Waals surface area contributed by atoms with E-state index >= 15 is 0 Å². The number of methoxy groups -OCH3 is 1. The van der Waals surface area contributed by atoms with Crippen LogP contribution >= 0.6 is 0 Å². The zero-order valence-corrected chi connectivity index (χ0v) is 14.7. The summed E-state index contributed by atoms with van der Waals surface area (Å²) in [5.74, 6) is 0.182. The minimum atomic E-state index is -0.369. The summed E-state index contributed by atoms with van der Waals surface area (Å²) in [7, 11) is 3.01. The summed E-state index contributed by atoms with van der Waals surface area (Å²) in [6.45, 7) is 5.25. The van der Waals surface area contributed by atoms with Crippen LogP contribution in [-0.4, -0.2) is 55.8 Å². The Morgan fingerprint density at radius 1 is 1.29 bits per heavy atom. The number of hydrogen-bond acceptors (Lipinski definition) is 5. The maximum Gasteiger partial charge on any atom is 0.260 e. The summed E-state index contributed by atoms with van der Waals surface area (Å²) in [5, 5.41) is 2.78. The molecule has 1 N–H and O–H groups in total. The average Bonchev–Trinajstić information content (AvgIpc) is 2.50. The standard InChI is InChI=1S/C17H24N2O5/c1-17(2,3)18-15(21)9-19(4)16(22)11-24-14-7-6-13(23-5)8-12(14)10-20/h6-8,10H,9,11H2,1-5H3,(H,18,21). The number of benzene rings is 1. The van der Waals surface area contributed by atoms with Gasteiger partial charge in [0.2, 0.25) is 5.91 Å². The smallest absolute Gasteiger partial charge is 0.260 e. The summed E-state index contributed by atoms with van der Waals surface area (Å²) < 4.78 is 10.4. The lowest BCUT2D eigenvalue weighted by atomic mass is 10.1. The molecule has 0 aliphatic heterocycles. The molecule has 24 heavy (non-hydrogen) atoms. The van der Waals surface area contributed by atoms with Gasteiger partial charge in [0.05, 0.1) is 19.2 Å². The summed E-state index contributed by atoms with van der Waals surface area (Å²) in [6.07, 6.45) is 0.628. The highest BCUT2D eigenvalue weighted by atomic mass is 16.5. The van der Waals surface area contributed by atoms with E-state index in [1.807, 2.05) is 20.8 Å². The fraction of sp³-hybridized carbons (Fsp3) is 0.471. The number of nitrogens with one attached hydrogen (secondary N) is 1. The molecule has 1 aromatic carbocycles. The molecule has 0 fully saturated rings. The minimum absolute atomic E-state index is 0.0669. The van der Waals surface area contributed by atoms with Gasteiger partial charge in [-0.05, 0) is 39.0 Å². The molecule has 132 valence electrons. The fourth-order valence-electron chi connectivity index (χ4n) is 1.89. The third kappa shape index (κ3) is 6.28. The van der Waals surface area contributed by atoms with Crippen LogP contribution in [0.25, 0.3) is 0 Å². The van der Waals surface area contributed by atoms with Gasteiger partial charge in [-0.25, -0.2) is 0 Å². The number of amides is 2. The van der Waals surface area contributed by atoms with Crippen molar-refractivity contribution < 1.29 is 23.9 Å². The van der Waals surface area contributed by atoms with Crippen LogP contribution in [0.2, 0.25) is 0 Å². The van der Waals surface area contributed by atoms with Crippen molar-refractivity contribution in [2.75, 3.05) is 27.3 Å². The van der Waals surface area contributed by atoms with E-state index in [1.165, 1.54) is 25.1 Å². The van der Waals surface area contributed by atoms with Crippen molar-refractivity contribution in [3.05, 3.63) is 23.8 Å². The lowest BCUT2D eigenvalue weighted by molar-refractivity contribution is -0.136. The molecule has 7 nitrogen and oxygen atoms in total. The molecule has 0 atom stereocenters. The van der Waals surface area contributed by atoms with Crippen LogP contribution < -0.4 is 14.8 Å². The van der Waals surface area contributed by atoms with Crippen LogP contribution in [0.4, 0.5) is 0 Å². The van der Waals surface area contributed by atoms with Crippen LogP contribution in [0.1, 0.15) is 31.1 Å². The fourth-order valence-corrected chi connectivity index (χ4v) is 1.89. The van der Waals surface area contributed by atoms with Gasteiger partial charge >= 0.3 is 0 Å². The quantitative estimate of drug-likeness (QED) is 0.758. The molecule has 0 aliphatic rings. The molecule has 0 aromatic heterocycles.